The van der Waals surface area contributed by atoms with Gasteiger partial charge >= 0.3 is 6.18 Å². The molecule has 0 saturated carbocycles. The maximum atomic E-state index is 12.8. The summed E-state index contributed by atoms with van der Waals surface area (Å²) in [6.07, 6.45) is 2.28. The fourth-order valence-corrected chi connectivity index (χ4v) is 5.55. The lowest BCUT2D eigenvalue weighted by Crippen LogP contribution is -2.40. The van der Waals surface area contributed by atoms with Gasteiger partial charge in [-0.1, -0.05) is 0 Å². The van der Waals surface area contributed by atoms with E-state index in [9.17, 15) is 13.2 Å². The maximum absolute atomic E-state index is 12.8. The Morgan fingerprint density at radius 1 is 1.20 bits per heavy atom. The Kier molecular flexibility index (Phi) is 5.88. The van der Waals surface area contributed by atoms with Crippen molar-refractivity contribution < 1.29 is 13.2 Å². The fourth-order valence-electron chi connectivity index (χ4n) is 4.53. The second kappa shape index (κ2) is 8.43. The molecule has 6 nitrogen and oxygen atoms in total. The van der Waals surface area contributed by atoms with Gasteiger partial charge in [-0.25, -0.2) is 9.97 Å². The molecule has 2 aliphatic rings. The first-order valence-electron chi connectivity index (χ1n) is 9.93. The Morgan fingerprint density at radius 3 is 2.73 bits per heavy atom. The highest BCUT2D eigenvalue weighted by atomic mass is 32.1. The van der Waals surface area contributed by atoms with Crippen molar-refractivity contribution in [1.29, 1.82) is 0 Å². The van der Waals surface area contributed by atoms with Gasteiger partial charge in [-0.05, 0) is 54.9 Å². The summed E-state index contributed by atoms with van der Waals surface area (Å²) >= 11 is 1.10. The molecule has 0 bridgehead atoms. The number of thiophene rings is 1. The number of alkyl halides is 3. The first-order chi connectivity index (χ1) is 14.4. The molecule has 0 aromatic carbocycles. The summed E-state index contributed by atoms with van der Waals surface area (Å²) in [7, 11) is 0. The highest BCUT2D eigenvalue weighted by Gasteiger charge is 2.38. The van der Waals surface area contributed by atoms with Gasteiger partial charge in [-0.2, -0.15) is 13.2 Å². The second-order valence-corrected chi connectivity index (χ2v) is 9.09. The molecule has 2 saturated heterocycles. The highest BCUT2D eigenvalue weighted by Crippen LogP contribution is 2.38. The minimum Gasteiger partial charge on any atom is -0.405 e. The molecule has 30 heavy (non-hydrogen) atoms. The number of nitrogens with two attached hydrogens (primary N) is 2. The fraction of sp³-hybridized carbons (Fsp3) is 0.500. The second-order valence-electron chi connectivity index (χ2n) is 7.97. The van der Waals surface area contributed by atoms with Crippen LogP contribution >= 0.6 is 11.3 Å². The van der Waals surface area contributed by atoms with E-state index >= 15 is 0 Å². The number of piperidine rings is 1. The van der Waals surface area contributed by atoms with Crippen molar-refractivity contribution in [2.45, 2.75) is 19.0 Å². The van der Waals surface area contributed by atoms with E-state index < -0.39 is 12.6 Å². The zero-order chi connectivity index (χ0) is 21.3. The molecule has 2 aromatic heterocycles. The smallest absolute Gasteiger partial charge is 0.393 e. The zero-order valence-electron chi connectivity index (χ0n) is 16.5. The average molecular weight is 439 g/mol. The molecular formula is C20H25F3N6S. The molecule has 2 fully saturated rings. The molecule has 10 heteroatoms. The van der Waals surface area contributed by atoms with Gasteiger partial charge < -0.3 is 16.4 Å². The van der Waals surface area contributed by atoms with Crippen LogP contribution in [-0.2, 0) is 6.42 Å². The lowest BCUT2D eigenvalue weighted by atomic mass is 9.88. The topological polar surface area (TPSA) is 84.3 Å². The van der Waals surface area contributed by atoms with Crippen molar-refractivity contribution in [3.8, 4) is 0 Å². The molecule has 162 valence electrons. The van der Waals surface area contributed by atoms with Gasteiger partial charge in [0.15, 0.2) is 0 Å². The first kappa shape index (κ1) is 20.9. The van der Waals surface area contributed by atoms with Crippen LogP contribution < -0.4 is 16.4 Å². The minimum atomic E-state index is -4.23. The molecule has 0 aliphatic carbocycles. The monoisotopic (exact) mass is 438 g/mol. The lowest BCUT2D eigenvalue weighted by molar-refractivity contribution is -0.126. The van der Waals surface area contributed by atoms with Crippen LogP contribution in [0.25, 0.3) is 10.2 Å². The number of likely N-dealkylation sites (tertiary alicyclic amines) is 1. The van der Waals surface area contributed by atoms with Gasteiger partial charge in [0.25, 0.3) is 0 Å². The van der Waals surface area contributed by atoms with Gasteiger partial charge in [0, 0.05) is 31.1 Å². The summed E-state index contributed by atoms with van der Waals surface area (Å²) in [5, 5.41) is 0.721. The van der Waals surface area contributed by atoms with E-state index in [0.717, 1.165) is 67.3 Å². The number of nitrogens with zero attached hydrogens (tertiary/aromatic N) is 4. The number of halogens is 3. The third-order valence-electron chi connectivity index (χ3n) is 5.85. The van der Waals surface area contributed by atoms with Gasteiger partial charge in [0.2, 0.25) is 0 Å². The van der Waals surface area contributed by atoms with Crippen LogP contribution in [0.4, 0.5) is 19.0 Å². The number of rotatable bonds is 5. The lowest BCUT2D eigenvalue weighted by Gasteiger charge is -2.34. The van der Waals surface area contributed by atoms with Crippen molar-refractivity contribution in [3.63, 3.8) is 0 Å². The van der Waals surface area contributed by atoms with E-state index in [1.165, 1.54) is 12.5 Å². The maximum Gasteiger partial charge on any atom is 0.393 e. The van der Waals surface area contributed by atoms with E-state index in [1.54, 1.807) is 12.3 Å². The largest absolute Gasteiger partial charge is 0.405 e. The molecule has 0 unspecified atom stereocenters. The van der Waals surface area contributed by atoms with Gasteiger partial charge in [0.1, 0.15) is 17.0 Å². The van der Waals surface area contributed by atoms with E-state index in [4.69, 9.17) is 11.5 Å². The number of anilines is 1. The summed E-state index contributed by atoms with van der Waals surface area (Å²) in [5.74, 6) is 1.78. The molecular weight excluding hydrogens is 413 g/mol. The third-order valence-corrected chi connectivity index (χ3v) is 6.89. The highest BCUT2D eigenvalue weighted by molar-refractivity contribution is 7.18. The molecule has 0 amide bonds. The van der Waals surface area contributed by atoms with Crippen molar-refractivity contribution in [1.82, 2.24) is 14.9 Å². The molecule has 2 aliphatic heterocycles. The van der Waals surface area contributed by atoms with E-state index in [1.807, 2.05) is 6.08 Å². The van der Waals surface area contributed by atoms with Crippen LogP contribution in [0.1, 0.15) is 11.3 Å². The quantitative estimate of drug-likeness (QED) is 0.699. The van der Waals surface area contributed by atoms with Crippen molar-refractivity contribution >= 4 is 27.4 Å². The number of aromatic nitrogens is 2. The van der Waals surface area contributed by atoms with Crippen LogP contribution in [0.15, 0.2) is 36.4 Å². The summed E-state index contributed by atoms with van der Waals surface area (Å²) in [5.41, 5.74) is 12.2. The summed E-state index contributed by atoms with van der Waals surface area (Å²) in [4.78, 5) is 14.1. The predicted octanol–water partition coefficient (Wildman–Crippen LogP) is 2.87. The van der Waals surface area contributed by atoms with Crippen molar-refractivity contribution in [3.05, 3.63) is 41.3 Å². The Balaban J connectivity index is 1.49. The average Bonchev–Trinajstić information content (AvgIpc) is 3.28. The third kappa shape index (κ3) is 4.54. The standard InChI is InChI=1S/C20H25F3N6S/c21-20(22,23)6-16-5-17-18(26-12-27-19(17)30-16)29-10-14-2-4-28(9-15(14)11-29)8-13(7-25)1-3-24/h1,3,5,7,12,14-15H,2,4,6,8-11,24-25H2/b3-1-,13-7+/t14-,15+/m1/s1. The van der Waals surface area contributed by atoms with Gasteiger partial charge in [-0.3, -0.25) is 4.90 Å². The minimum absolute atomic E-state index is 0.274. The Bertz CT molecular complexity index is 954. The number of hydrogen-bond donors (Lipinski definition) is 2. The molecule has 4 N–H and O–H groups in total. The van der Waals surface area contributed by atoms with Crippen LogP contribution in [0, 0.1) is 11.8 Å². The predicted molar refractivity (Wildman–Crippen MR) is 113 cm³/mol. The molecule has 4 heterocycles. The van der Waals surface area contributed by atoms with Crippen molar-refractivity contribution in [2.75, 3.05) is 37.6 Å². The molecule has 2 aromatic rings. The van der Waals surface area contributed by atoms with Crippen LogP contribution in [0.5, 0.6) is 0 Å². The van der Waals surface area contributed by atoms with Crippen molar-refractivity contribution in [2.24, 2.45) is 23.3 Å². The Labute approximate surface area is 177 Å². The molecule has 4 rings (SSSR count). The SMILES string of the molecule is N/C=C\C(=C/N)CN1CC[C@@H]2CN(c3ncnc4sc(CC(F)(F)F)cc34)C[C@@H]2C1. The first-order valence-corrected chi connectivity index (χ1v) is 10.7. The van der Waals surface area contributed by atoms with Crippen LogP contribution in [0.3, 0.4) is 0 Å². The van der Waals surface area contributed by atoms with E-state index in [-0.39, 0.29) is 4.88 Å². The molecule has 0 spiro atoms. The van der Waals surface area contributed by atoms with Crippen LogP contribution in [-0.4, -0.2) is 53.8 Å². The van der Waals surface area contributed by atoms with Crippen LogP contribution in [0.2, 0.25) is 0 Å². The normalized spacial score (nSPS) is 23.6. The van der Waals surface area contributed by atoms with E-state index in [0.29, 0.717) is 16.7 Å². The molecule has 2 atom stereocenters. The summed E-state index contributed by atoms with van der Waals surface area (Å²) < 4.78 is 38.4. The van der Waals surface area contributed by atoms with Gasteiger partial charge in [0.05, 0.1) is 11.8 Å². The molecule has 0 radical (unpaired) electrons. The zero-order valence-corrected chi connectivity index (χ0v) is 17.3. The summed E-state index contributed by atoms with van der Waals surface area (Å²) in [6, 6.07) is 1.61. The number of hydrogen-bond acceptors (Lipinski definition) is 7. The Morgan fingerprint density at radius 2 is 2.00 bits per heavy atom. The van der Waals surface area contributed by atoms with E-state index in [2.05, 4.69) is 19.8 Å². The Hall–Kier alpha value is -2.33. The van der Waals surface area contributed by atoms with Gasteiger partial charge in [-0.15, -0.1) is 11.3 Å². The number of fused-ring (bicyclic) bond motifs is 2. The summed E-state index contributed by atoms with van der Waals surface area (Å²) in [6.45, 7) is 4.41.